The van der Waals surface area contributed by atoms with Crippen molar-refractivity contribution in [1.29, 1.82) is 0 Å². The van der Waals surface area contributed by atoms with Crippen LogP contribution in [-0.2, 0) is 6.54 Å². The second kappa shape index (κ2) is 5.63. The van der Waals surface area contributed by atoms with Crippen LogP contribution in [0.4, 0.5) is 10.1 Å². The third-order valence-electron chi connectivity index (χ3n) is 3.89. The minimum atomic E-state index is -0.196. The quantitative estimate of drug-likeness (QED) is 0.867. The monoisotopic (exact) mass is 270 g/mol. The van der Waals surface area contributed by atoms with Crippen molar-refractivity contribution in [2.45, 2.75) is 25.9 Å². The highest BCUT2D eigenvalue weighted by Gasteiger charge is 2.18. The zero-order chi connectivity index (χ0) is 13.9. The average molecular weight is 270 g/mol. The van der Waals surface area contributed by atoms with Crippen LogP contribution in [0.1, 0.15) is 29.2 Å². The van der Waals surface area contributed by atoms with Gasteiger partial charge in [0.05, 0.1) is 6.04 Å². The Bertz CT molecular complexity index is 610. The van der Waals surface area contributed by atoms with Crippen molar-refractivity contribution in [1.82, 2.24) is 5.32 Å². The summed E-state index contributed by atoms with van der Waals surface area (Å²) in [6, 6.07) is 13.6. The van der Waals surface area contributed by atoms with Gasteiger partial charge in [0, 0.05) is 12.2 Å². The van der Waals surface area contributed by atoms with Crippen LogP contribution in [0.25, 0.3) is 0 Å². The Morgan fingerprint density at radius 3 is 2.95 bits per heavy atom. The van der Waals surface area contributed by atoms with Gasteiger partial charge in [-0.2, -0.15) is 0 Å². The fourth-order valence-electron chi connectivity index (χ4n) is 2.75. The molecule has 20 heavy (non-hydrogen) atoms. The largest absolute Gasteiger partial charge is 0.378 e. The lowest BCUT2D eigenvalue weighted by molar-refractivity contribution is 0.623. The summed E-state index contributed by atoms with van der Waals surface area (Å²) in [5.41, 5.74) is 4.57. The van der Waals surface area contributed by atoms with Crippen LogP contribution in [0.15, 0.2) is 42.5 Å². The third-order valence-corrected chi connectivity index (χ3v) is 3.89. The van der Waals surface area contributed by atoms with E-state index in [9.17, 15) is 4.39 Å². The number of hydrogen-bond donors (Lipinski definition) is 2. The van der Waals surface area contributed by atoms with Crippen LogP contribution in [-0.4, -0.2) is 6.54 Å². The first-order valence-electron chi connectivity index (χ1n) is 7.05. The van der Waals surface area contributed by atoms with Gasteiger partial charge < -0.3 is 10.6 Å². The van der Waals surface area contributed by atoms with Crippen LogP contribution in [0, 0.1) is 12.7 Å². The first kappa shape index (κ1) is 13.1. The molecule has 1 atom stereocenters. The summed E-state index contributed by atoms with van der Waals surface area (Å²) in [5.74, 6) is -0.196. The molecule has 1 aliphatic rings. The van der Waals surface area contributed by atoms with Crippen LogP contribution in [0.5, 0.6) is 0 Å². The zero-order valence-electron chi connectivity index (χ0n) is 11.6. The van der Waals surface area contributed by atoms with E-state index in [0.29, 0.717) is 0 Å². The van der Waals surface area contributed by atoms with Crippen molar-refractivity contribution in [3.8, 4) is 0 Å². The van der Waals surface area contributed by atoms with Gasteiger partial charge in [-0.25, -0.2) is 4.39 Å². The van der Waals surface area contributed by atoms with E-state index in [0.717, 1.165) is 30.8 Å². The van der Waals surface area contributed by atoms with E-state index in [1.54, 1.807) is 6.07 Å². The van der Waals surface area contributed by atoms with E-state index in [4.69, 9.17) is 0 Å². The van der Waals surface area contributed by atoms with Gasteiger partial charge in [-0.1, -0.05) is 30.3 Å². The molecule has 2 aromatic rings. The van der Waals surface area contributed by atoms with Gasteiger partial charge >= 0.3 is 0 Å². The van der Waals surface area contributed by atoms with E-state index < -0.39 is 0 Å². The van der Waals surface area contributed by atoms with E-state index in [1.165, 1.54) is 17.2 Å². The van der Waals surface area contributed by atoms with Crippen molar-refractivity contribution < 1.29 is 4.39 Å². The molecule has 2 nitrogen and oxygen atoms in total. The predicted molar refractivity (Wildman–Crippen MR) is 80.3 cm³/mol. The summed E-state index contributed by atoms with van der Waals surface area (Å²) in [6.45, 7) is 3.86. The molecule has 0 amide bonds. The van der Waals surface area contributed by atoms with Gasteiger partial charge in [-0.15, -0.1) is 0 Å². The molecule has 1 unspecified atom stereocenters. The Labute approximate surface area is 119 Å². The molecule has 0 aliphatic carbocycles. The van der Waals surface area contributed by atoms with Crippen LogP contribution in [0.3, 0.4) is 0 Å². The second-order valence-corrected chi connectivity index (χ2v) is 5.32. The first-order chi connectivity index (χ1) is 9.74. The Morgan fingerprint density at radius 1 is 1.20 bits per heavy atom. The van der Waals surface area contributed by atoms with Gasteiger partial charge in [-0.05, 0) is 48.7 Å². The van der Waals surface area contributed by atoms with Crippen molar-refractivity contribution in [2.24, 2.45) is 0 Å². The number of nitrogens with one attached hydrogen (secondary N) is 2. The number of hydrogen-bond acceptors (Lipinski definition) is 2. The van der Waals surface area contributed by atoms with Gasteiger partial charge in [-0.3, -0.25) is 0 Å². The predicted octanol–water partition coefficient (Wildman–Crippen LogP) is 3.78. The SMILES string of the molecule is Cc1ccc(F)cc1NC1CCNCc2ccccc21. The first-order valence-corrected chi connectivity index (χ1v) is 7.05. The Morgan fingerprint density at radius 2 is 2.05 bits per heavy atom. The summed E-state index contributed by atoms with van der Waals surface area (Å²) in [6.07, 6.45) is 0.993. The molecule has 2 N–H and O–H groups in total. The number of aryl methyl sites for hydroxylation is 1. The number of benzene rings is 2. The number of fused-ring (bicyclic) bond motifs is 1. The highest BCUT2D eigenvalue weighted by atomic mass is 19.1. The van der Waals surface area contributed by atoms with Gasteiger partial charge in [0.1, 0.15) is 5.82 Å². The van der Waals surface area contributed by atoms with Crippen LogP contribution in [0.2, 0.25) is 0 Å². The van der Waals surface area contributed by atoms with Crippen molar-refractivity contribution in [3.63, 3.8) is 0 Å². The molecule has 104 valence electrons. The number of anilines is 1. The van der Waals surface area contributed by atoms with E-state index in [-0.39, 0.29) is 11.9 Å². The minimum Gasteiger partial charge on any atom is -0.378 e. The normalized spacial score (nSPS) is 18.2. The van der Waals surface area contributed by atoms with Crippen molar-refractivity contribution in [2.75, 3.05) is 11.9 Å². The van der Waals surface area contributed by atoms with Gasteiger partial charge in [0.2, 0.25) is 0 Å². The molecule has 3 heteroatoms. The lowest BCUT2D eigenvalue weighted by atomic mass is 9.98. The Kier molecular flexibility index (Phi) is 3.70. The maximum absolute atomic E-state index is 13.4. The average Bonchev–Trinajstić information content (AvgIpc) is 2.66. The standard InChI is InChI=1S/C17H19FN2/c1-12-6-7-14(18)10-17(12)20-16-8-9-19-11-13-4-2-3-5-15(13)16/h2-7,10,16,19-20H,8-9,11H2,1H3. The van der Waals surface area contributed by atoms with Crippen LogP contribution < -0.4 is 10.6 Å². The summed E-state index contributed by atoms with van der Waals surface area (Å²) in [4.78, 5) is 0. The minimum absolute atomic E-state index is 0.196. The highest BCUT2D eigenvalue weighted by Crippen LogP contribution is 2.29. The maximum Gasteiger partial charge on any atom is 0.125 e. The molecule has 0 saturated heterocycles. The molecular weight excluding hydrogens is 251 g/mol. The summed E-state index contributed by atoms with van der Waals surface area (Å²) in [5, 5.41) is 6.94. The molecule has 0 aromatic heterocycles. The Balaban J connectivity index is 1.92. The third kappa shape index (κ3) is 2.68. The molecule has 1 heterocycles. The number of rotatable bonds is 2. The molecule has 2 aromatic carbocycles. The van der Waals surface area contributed by atoms with Crippen molar-refractivity contribution >= 4 is 5.69 Å². The highest BCUT2D eigenvalue weighted by molar-refractivity contribution is 5.53. The fraction of sp³-hybridized carbons (Fsp3) is 0.294. The number of halogens is 1. The van der Waals surface area contributed by atoms with E-state index in [2.05, 4.69) is 34.9 Å². The maximum atomic E-state index is 13.4. The summed E-state index contributed by atoms with van der Waals surface area (Å²) >= 11 is 0. The lowest BCUT2D eigenvalue weighted by Gasteiger charge is -2.21. The molecule has 0 spiro atoms. The zero-order valence-corrected chi connectivity index (χ0v) is 11.6. The summed E-state index contributed by atoms with van der Waals surface area (Å²) in [7, 11) is 0. The molecule has 0 saturated carbocycles. The molecule has 0 bridgehead atoms. The fourth-order valence-corrected chi connectivity index (χ4v) is 2.75. The van der Waals surface area contributed by atoms with Crippen LogP contribution >= 0.6 is 0 Å². The molecule has 3 rings (SSSR count). The van der Waals surface area contributed by atoms with E-state index >= 15 is 0 Å². The van der Waals surface area contributed by atoms with E-state index in [1.807, 2.05) is 13.0 Å². The topological polar surface area (TPSA) is 24.1 Å². The Hall–Kier alpha value is -1.87. The molecule has 0 radical (unpaired) electrons. The molecule has 0 fully saturated rings. The van der Waals surface area contributed by atoms with Gasteiger partial charge in [0.25, 0.3) is 0 Å². The summed E-state index contributed by atoms with van der Waals surface area (Å²) < 4.78 is 13.4. The molecular formula is C17H19FN2. The smallest absolute Gasteiger partial charge is 0.125 e. The van der Waals surface area contributed by atoms with Gasteiger partial charge in [0.15, 0.2) is 0 Å². The van der Waals surface area contributed by atoms with Crippen molar-refractivity contribution in [3.05, 3.63) is 65.0 Å². The molecule has 1 aliphatic heterocycles. The lowest BCUT2D eigenvalue weighted by Crippen LogP contribution is -2.15. The second-order valence-electron chi connectivity index (χ2n) is 5.32.